The minimum atomic E-state index is 0.0459. The quantitative estimate of drug-likeness (QED) is 0.358. The predicted octanol–water partition coefficient (Wildman–Crippen LogP) is 3.68. The highest BCUT2D eigenvalue weighted by Crippen LogP contribution is 2.24. The van der Waals surface area contributed by atoms with Crippen molar-refractivity contribution in [3.05, 3.63) is 65.1 Å². The van der Waals surface area contributed by atoms with Crippen molar-refractivity contribution in [3.8, 4) is 11.8 Å². The first-order valence-electron chi connectivity index (χ1n) is 10.7. The summed E-state index contributed by atoms with van der Waals surface area (Å²) in [6, 6.07) is 9.36. The first-order valence-corrected chi connectivity index (χ1v) is 11.1. The molecule has 1 amide bonds. The molecule has 1 unspecified atom stereocenters. The normalized spacial score (nSPS) is 16.2. The van der Waals surface area contributed by atoms with Gasteiger partial charge in [0.15, 0.2) is 5.82 Å². The highest BCUT2D eigenvalue weighted by atomic mass is 35.5. The van der Waals surface area contributed by atoms with E-state index in [0.29, 0.717) is 28.7 Å². The molecule has 0 radical (unpaired) electrons. The third-order valence-corrected chi connectivity index (χ3v) is 5.61. The van der Waals surface area contributed by atoms with Crippen molar-refractivity contribution in [2.75, 3.05) is 33.7 Å². The SMILES string of the molecule is CN(C)C/C=C/C(=O)N1CCC(C=Nc2ncnc3[nH]c(C#Cc4ccccc4Cl)cc23)C1. The number of carbonyl (C=O) groups is 1. The first-order chi connectivity index (χ1) is 16.0. The molecule has 0 spiro atoms. The van der Waals surface area contributed by atoms with Crippen LogP contribution in [0.2, 0.25) is 5.02 Å². The van der Waals surface area contributed by atoms with Crippen LogP contribution in [0.5, 0.6) is 0 Å². The summed E-state index contributed by atoms with van der Waals surface area (Å²) in [5, 5.41) is 1.42. The number of rotatable bonds is 5. The summed E-state index contributed by atoms with van der Waals surface area (Å²) in [7, 11) is 3.94. The summed E-state index contributed by atoms with van der Waals surface area (Å²) in [5.74, 6) is 6.99. The van der Waals surface area contributed by atoms with Gasteiger partial charge in [-0.25, -0.2) is 15.0 Å². The summed E-state index contributed by atoms with van der Waals surface area (Å²) in [4.78, 5) is 32.6. The van der Waals surface area contributed by atoms with Crippen LogP contribution in [0, 0.1) is 17.8 Å². The Kier molecular flexibility index (Phi) is 7.18. The first kappa shape index (κ1) is 22.7. The van der Waals surface area contributed by atoms with Gasteiger partial charge in [0.2, 0.25) is 5.91 Å². The maximum atomic E-state index is 12.3. The van der Waals surface area contributed by atoms with E-state index in [4.69, 9.17) is 11.6 Å². The number of nitrogens with zero attached hydrogens (tertiary/aromatic N) is 5. The smallest absolute Gasteiger partial charge is 0.246 e. The van der Waals surface area contributed by atoms with Gasteiger partial charge in [0.25, 0.3) is 0 Å². The van der Waals surface area contributed by atoms with E-state index in [9.17, 15) is 4.79 Å². The molecule has 3 heterocycles. The molecule has 1 aliphatic heterocycles. The zero-order chi connectivity index (χ0) is 23.2. The molecule has 4 rings (SSSR count). The van der Waals surface area contributed by atoms with Crippen molar-refractivity contribution in [1.82, 2.24) is 24.8 Å². The van der Waals surface area contributed by atoms with Crippen molar-refractivity contribution < 1.29 is 4.79 Å². The highest BCUT2D eigenvalue weighted by molar-refractivity contribution is 6.31. The molecule has 3 aromatic rings. The number of carbonyl (C=O) groups excluding carboxylic acids is 1. The van der Waals surface area contributed by atoms with Gasteiger partial charge in [-0.1, -0.05) is 35.7 Å². The van der Waals surface area contributed by atoms with Gasteiger partial charge >= 0.3 is 0 Å². The minimum absolute atomic E-state index is 0.0459. The van der Waals surface area contributed by atoms with E-state index < -0.39 is 0 Å². The molecular formula is C25H25ClN6O. The van der Waals surface area contributed by atoms with Crippen LogP contribution in [0.3, 0.4) is 0 Å². The monoisotopic (exact) mass is 460 g/mol. The number of benzene rings is 1. The minimum Gasteiger partial charge on any atom is -0.338 e. The van der Waals surface area contributed by atoms with Crippen LogP contribution < -0.4 is 0 Å². The van der Waals surface area contributed by atoms with E-state index >= 15 is 0 Å². The van der Waals surface area contributed by atoms with Gasteiger partial charge in [-0.3, -0.25) is 4.79 Å². The number of halogens is 1. The molecule has 1 N–H and O–H groups in total. The van der Waals surface area contributed by atoms with E-state index in [1.54, 1.807) is 6.08 Å². The summed E-state index contributed by atoms with van der Waals surface area (Å²) in [6.07, 6.45) is 7.79. The van der Waals surface area contributed by atoms with E-state index in [2.05, 4.69) is 31.8 Å². The van der Waals surface area contributed by atoms with Gasteiger partial charge in [-0.2, -0.15) is 0 Å². The van der Waals surface area contributed by atoms with Gasteiger partial charge in [0.1, 0.15) is 12.0 Å². The van der Waals surface area contributed by atoms with Crippen LogP contribution in [-0.2, 0) is 4.79 Å². The molecule has 1 aromatic carbocycles. The molecular weight excluding hydrogens is 436 g/mol. The number of hydrogen-bond acceptors (Lipinski definition) is 5. The van der Waals surface area contributed by atoms with Crippen LogP contribution in [0.4, 0.5) is 5.82 Å². The molecule has 7 nitrogen and oxygen atoms in total. The maximum Gasteiger partial charge on any atom is 0.246 e. The molecule has 0 saturated carbocycles. The largest absolute Gasteiger partial charge is 0.338 e. The van der Waals surface area contributed by atoms with Crippen molar-refractivity contribution in [1.29, 1.82) is 0 Å². The molecule has 8 heteroatoms. The standard InChI is InChI=1S/C25H25ClN6O/c1-31(2)12-5-8-23(33)32-13-11-18(16-32)15-27-24-21-14-20(30-25(21)29-17-28-24)10-9-19-6-3-4-7-22(19)26/h3-8,14-15,17-18H,11-13,16H2,1-2H3,(H,28,29,30)/b8-5+,27-15?. The van der Waals surface area contributed by atoms with E-state index in [-0.39, 0.29) is 11.8 Å². The predicted molar refractivity (Wildman–Crippen MR) is 132 cm³/mol. The summed E-state index contributed by atoms with van der Waals surface area (Å²) >= 11 is 6.18. The molecule has 1 fully saturated rings. The van der Waals surface area contributed by atoms with Crippen molar-refractivity contribution in [2.24, 2.45) is 10.9 Å². The third-order valence-electron chi connectivity index (χ3n) is 5.29. The number of fused-ring (bicyclic) bond motifs is 1. The van der Waals surface area contributed by atoms with Crippen LogP contribution in [-0.4, -0.2) is 70.6 Å². The summed E-state index contributed by atoms with van der Waals surface area (Å²) < 4.78 is 0. The number of likely N-dealkylation sites (N-methyl/N-ethyl adjacent to an activating group) is 1. The number of hydrogen-bond donors (Lipinski definition) is 1. The maximum absolute atomic E-state index is 12.3. The molecule has 1 aliphatic rings. The number of amides is 1. The molecule has 0 aliphatic carbocycles. The summed E-state index contributed by atoms with van der Waals surface area (Å²) in [6.45, 7) is 2.13. The molecule has 33 heavy (non-hydrogen) atoms. The fourth-order valence-electron chi connectivity index (χ4n) is 3.55. The van der Waals surface area contributed by atoms with Crippen LogP contribution in [0.15, 0.2) is 53.8 Å². The number of H-pyrrole nitrogens is 1. The van der Waals surface area contributed by atoms with Gasteiger partial charge in [0.05, 0.1) is 16.1 Å². The number of aromatic nitrogens is 3. The zero-order valence-electron chi connectivity index (χ0n) is 18.6. The fraction of sp³-hybridized carbons (Fsp3) is 0.280. The molecule has 0 bridgehead atoms. The average molecular weight is 461 g/mol. The lowest BCUT2D eigenvalue weighted by Gasteiger charge is -2.13. The van der Waals surface area contributed by atoms with E-state index in [1.807, 2.05) is 66.5 Å². The molecule has 1 atom stereocenters. The van der Waals surface area contributed by atoms with Crippen LogP contribution in [0.25, 0.3) is 11.0 Å². The molecule has 1 saturated heterocycles. The Balaban J connectivity index is 1.45. The Hall–Kier alpha value is -3.47. The Morgan fingerprint density at radius 3 is 3.00 bits per heavy atom. The second kappa shape index (κ2) is 10.4. The Morgan fingerprint density at radius 2 is 2.18 bits per heavy atom. The molecule has 2 aromatic heterocycles. The van der Waals surface area contributed by atoms with Gasteiger partial charge < -0.3 is 14.8 Å². The number of aromatic amines is 1. The Bertz CT molecular complexity index is 1270. The second-order valence-electron chi connectivity index (χ2n) is 8.15. The van der Waals surface area contributed by atoms with Gasteiger partial charge in [-0.15, -0.1) is 0 Å². The average Bonchev–Trinajstić information content (AvgIpc) is 3.44. The topological polar surface area (TPSA) is 77.5 Å². The van der Waals surface area contributed by atoms with Crippen molar-refractivity contribution in [2.45, 2.75) is 6.42 Å². The lowest BCUT2D eigenvalue weighted by atomic mass is 10.1. The summed E-state index contributed by atoms with van der Waals surface area (Å²) in [5.41, 5.74) is 2.15. The van der Waals surface area contributed by atoms with Gasteiger partial charge in [-0.05, 0) is 44.6 Å². The van der Waals surface area contributed by atoms with Gasteiger partial charge in [0, 0.05) is 43.4 Å². The zero-order valence-corrected chi connectivity index (χ0v) is 19.4. The number of likely N-dealkylation sites (tertiary alicyclic amines) is 1. The van der Waals surface area contributed by atoms with Crippen molar-refractivity contribution >= 4 is 40.6 Å². The highest BCUT2D eigenvalue weighted by Gasteiger charge is 2.23. The van der Waals surface area contributed by atoms with Crippen LogP contribution in [0.1, 0.15) is 17.7 Å². The van der Waals surface area contributed by atoms with E-state index in [1.165, 1.54) is 6.33 Å². The second-order valence-corrected chi connectivity index (χ2v) is 8.56. The lowest BCUT2D eigenvalue weighted by molar-refractivity contribution is -0.125. The molecule has 168 valence electrons. The number of aliphatic imine (C=N–C) groups is 1. The lowest BCUT2D eigenvalue weighted by Crippen LogP contribution is -2.27. The Morgan fingerprint density at radius 1 is 1.33 bits per heavy atom. The Labute approximate surface area is 198 Å². The third kappa shape index (κ3) is 5.86. The number of nitrogens with one attached hydrogen (secondary N) is 1. The van der Waals surface area contributed by atoms with E-state index in [0.717, 1.165) is 30.5 Å². The fourth-order valence-corrected chi connectivity index (χ4v) is 3.73. The van der Waals surface area contributed by atoms with Crippen molar-refractivity contribution in [3.63, 3.8) is 0 Å². The van der Waals surface area contributed by atoms with Crippen LogP contribution >= 0.6 is 11.6 Å².